The minimum Gasteiger partial charge on any atom is -0.370 e. The van der Waals surface area contributed by atoms with Crippen LogP contribution in [0.4, 0.5) is 10.1 Å². The van der Waals surface area contributed by atoms with E-state index in [0.717, 1.165) is 31.6 Å². The van der Waals surface area contributed by atoms with Crippen molar-refractivity contribution >= 4 is 16.6 Å². The van der Waals surface area contributed by atoms with Crippen molar-refractivity contribution in [2.24, 2.45) is 0 Å². The van der Waals surface area contributed by atoms with E-state index in [1.165, 1.54) is 12.1 Å². The molecule has 1 N–H and O–H groups in total. The molecule has 3 rings (SSSR count). The quantitative estimate of drug-likeness (QED) is 0.818. The normalized spacial score (nSPS) is 15.7. The van der Waals surface area contributed by atoms with Crippen molar-refractivity contribution in [2.45, 2.75) is 12.8 Å². The number of aromatic nitrogens is 1. The van der Waals surface area contributed by atoms with Crippen molar-refractivity contribution < 1.29 is 4.39 Å². The Bertz CT molecular complexity index is 614. The van der Waals surface area contributed by atoms with Gasteiger partial charge in [-0.3, -0.25) is 4.79 Å². The molecule has 17 heavy (non-hydrogen) atoms. The molecule has 1 saturated heterocycles. The first-order valence-corrected chi connectivity index (χ1v) is 5.82. The van der Waals surface area contributed by atoms with Gasteiger partial charge in [0.15, 0.2) is 5.43 Å². The Hall–Kier alpha value is -1.84. The summed E-state index contributed by atoms with van der Waals surface area (Å²) in [6.07, 6.45) is 3.87. The Kier molecular flexibility index (Phi) is 2.35. The molecule has 0 atom stereocenters. The summed E-state index contributed by atoms with van der Waals surface area (Å²) in [6, 6.07) is 4.49. The molecule has 1 fully saturated rings. The summed E-state index contributed by atoms with van der Waals surface area (Å²) in [5.41, 5.74) is 1.27. The van der Waals surface area contributed by atoms with Gasteiger partial charge in [-0.05, 0) is 25.0 Å². The number of rotatable bonds is 1. The molecule has 2 aromatic rings. The van der Waals surface area contributed by atoms with Crippen LogP contribution >= 0.6 is 0 Å². The Morgan fingerprint density at radius 1 is 1.18 bits per heavy atom. The molecule has 0 unspecified atom stereocenters. The number of nitrogens with zero attached hydrogens (tertiary/aromatic N) is 1. The molecular formula is C13H13FN2O. The van der Waals surface area contributed by atoms with Gasteiger partial charge in [-0.25, -0.2) is 4.39 Å². The van der Waals surface area contributed by atoms with Gasteiger partial charge in [0, 0.05) is 25.4 Å². The zero-order valence-electron chi connectivity index (χ0n) is 9.37. The highest BCUT2D eigenvalue weighted by molar-refractivity contribution is 5.91. The molecule has 3 nitrogen and oxygen atoms in total. The van der Waals surface area contributed by atoms with E-state index in [1.54, 1.807) is 12.3 Å². The van der Waals surface area contributed by atoms with Gasteiger partial charge < -0.3 is 9.88 Å². The van der Waals surface area contributed by atoms with E-state index in [4.69, 9.17) is 0 Å². The maximum atomic E-state index is 13.7. The number of benzene rings is 1. The molecule has 88 valence electrons. The predicted molar refractivity (Wildman–Crippen MR) is 66.0 cm³/mol. The highest BCUT2D eigenvalue weighted by Gasteiger charge is 2.17. The van der Waals surface area contributed by atoms with Crippen LogP contribution in [0.15, 0.2) is 29.2 Å². The Labute approximate surface area is 97.9 Å². The molecule has 0 saturated carbocycles. The molecule has 1 aliphatic heterocycles. The summed E-state index contributed by atoms with van der Waals surface area (Å²) < 4.78 is 13.7. The number of hydrogen-bond donors (Lipinski definition) is 1. The standard InChI is InChI=1S/C13H13FN2O/c14-9-3-4-10(16-7-1-2-8-16)13-12(9)11(17)5-6-15-13/h3-6H,1-2,7-8H2,(H,15,17). The van der Waals surface area contributed by atoms with Gasteiger partial charge in [0.1, 0.15) is 5.82 Å². The van der Waals surface area contributed by atoms with E-state index in [9.17, 15) is 9.18 Å². The molecule has 4 heteroatoms. The Morgan fingerprint density at radius 3 is 2.71 bits per heavy atom. The van der Waals surface area contributed by atoms with Crippen molar-refractivity contribution in [3.05, 3.63) is 40.4 Å². The summed E-state index contributed by atoms with van der Waals surface area (Å²) >= 11 is 0. The fraction of sp³-hybridized carbons (Fsp3) is 0.308. The predicted octanol–water partition coefficient (Wildman–Crippen LogP) is 2.27. The number of aromatic amines is 1. The second-order valence-electron chi connectivity index (χ2n) is 4.35. The number of pyridine rings is 1. The van der Waals surface area contributed by atoms with Crippen LogP contribution in [0.1, 0.15) is 12.8 Å². The average molecular weight is 232 g/mol. The van der Waals surface area contributed by atoms with Crippen LogP contribution in [0.3, 0.4) is 0 Å². The molecule has 0 bridgehead atoms. The molecule has 1 aromatic carbocycles. The number of nitrogens with one attached hydrogen (secondary N) is 1. The van der Waals surface area contributed by atoms with Gasteiger partial charge in [0.2, 0.25) is 0 Å². The van der Waals surface area contributed by atoms with E-state index >= 15 is 0 Å². The molecule has 0 spiro atoms. The summed E-state index contributed by atoms with van der Waals surface area (Å²) in [6.45, 7) is 1.94. The third kappa shape index (κ3) is 1.60. The lowest BCUT2D eigenvalue weighted by Crippen LogP contribution is -2.19. The van der Waals surface area contributed by atoms with Crippen molar-refractivity contribution in [3.63, 3.8) is 0 Å². The van der Waals surface area contributed by atoms with Crippen LogP contribution in [0.5, 0.6) is 0 Å². The number of fused-ring (bicyclic) bond motifs is 1. The van der Waals surface area contributed by atoms with Gasteiger partial charge in [-0.1, -0.05) is 0 Å². The van der Waals surface area contributed by atoms with Crippen molar-refractivity contribution in [1.82, 2.24) is 4.98 Å². The second-order valence-corrected chi connectivity index (χ2v) is 4.35. The van der Waals surface area contributed by atoms with Gasteiger partial charge in [0.25, 0.3) is 0 Å². The van der Waals surface area contributed by atoms with Crippen molar-refractivity contribution in [2.75, 3.05) is 18.0 Å². The number of H-pyrrole nitrogens is 1. The Balaban J connectivity index is 2.29. The lowest BCUT2D eigenvalue weighted by molar-refractivity contribution is 0.639. The molecule has 1 aromatic heterocycles. The average Bonchev–Trinajstić information content (AvgIpc) is 2.83. The van der Waals surface area contributed by atoms with Crippen molar-refractivity contribution in [3.8, 4) is 0 Å². The van der Waals surface area contributed by atoms with Gasteiger partial charge in [-0.2, -0.15) is 0 Å². The Morgan fingerprint density at radius 2 is 1.94 bits per heavy atom. The highest BCUT2D eigenvalue weighted by Crippen LogP contribution is 2.27. The first-order valence-electron chi connectivity index (χ1n) is 5.82. The molecule has 1 aliphatic rings. The van der Waals surface area contributed by atoms with E-state index in [0.29, 0.717) is 5.52 Å². The zero-order valence-corrected chi connectivity index (χ0v) is 9.37. The number of anilines is 1. The lowest BCUT2D eigenvalue weighted by Gasteiger charge is -2.19. The maximum Gasteiger partial charge on any atom is 0.192 e. The monoisotopic (exact) mass is 232 g/mol. The largest absolute Gasteiger partial charge is 0.370 e. The fourth-order valence-corrected chi connectivity index (χ4v) is 2.46. The third-order valence-electron chi connectivity index (χ3n) is 3.29. The minimum absolute atomic E-state index is 0.164. The van der Waals surface area contributed by atoms with E-state index in [-0.39, 0.29) is 10.8 Å². The first-order chi connectivity index (χ1) is 8.27. The smallest absolute Gasteiger partial charge is 0.192 e. The van der Waals surface area contributed by atoms with Crippen LogP contribution in [-0.2, 0) is 0 Å². The van der Waals surface area contributed by atoms with Gasteiger partial charge in [0.05, 0.1) is 16.6 Å². The summed E-state index contributed by atoms with van der Waals surface area (Å²) in [4.78, 5) is 16.9. The van der Waals surface area contributed by atoms with Crippen molar-refractivity contribution in [1.29, 1.82) is 0 Å². The lowest BCUT2D eigenvalue weighted by atomic mass is 10.1. The summed E-state index contributed by atoms with van der Waals surface area (Å²) in [7, 11) is 0. The van der Waals surface area contributed by atoms with E-state index in [2.05, 4.69) is 9.88 Å². The fourth-order valence-electron chi connectivity index (χ4n) is 2.46. The van der Waals surface area contributed by atoms with Gasteiger partial charge in [-0.15, -0.1) is 0 Å². The molecule has 0 aliphatic carbocycles. The zero-order chi connectivity index (χ0) is 11.8. The van der Waals surface area contributed by atoms with Crippen LogP contribution in [-0.4, -0.2) is 18.1 Å². The molecule has 0 amide bonds. The second kappa shape index (κ2) is 3.87. The molecular weight excluding hydrogens is 219 g/mol. The number of hydrogen-bond acceptors (Lipinski definition) is 2. The SMILES string of the molecule is O=c1cc[nH]c2c(N3CCCC3)ccc(F)c12. The van der Waals surface area contributed by atoms with Crippen LogP contribution < -0.4 is 10.3 Å². The third-order valence-corrected chi connectivity index (χ3v) is 3.29. The minimum atomic E-state index is -0.454. The first kappa shape index (κ1) is 10.3. The summed E-state index contributed by atoms with van der Waals surface area (Å²) in [5, 5.41) is 0.164. The summed E-state index contributed by atoms with van der Waals surface area (Å²) in [5.74, 6) is -0.454. The number of halogens is 1. The van der Waals surface area contributed by atoms with Crippen LogP contribution in [0.25, 0.3) is 10.9 Å². The maximum absolute atomic E-state index is 13.7. The molecule has 0 radical (unpaired) electrons. The van der Waals surface area contributed by atoms with Gasteiger partial charge >= 0.3 is 0 Å². The topological polar surface area (TPSA) is 36.1 Å². The highest BCUT2D eigenvalue weighted by atomic mass is 19.1. The van der Waals surface area contributed by atoms with Crippen LogP contribution in [0.2, 0.25) is 0 Å². The van der Waals surface area contributed by atoms with E-state index < -0.39 is 5.82 Å². The van der Waals surface area contributed by atoms with Crippen LogP contribution in [0, 0.1) is 5.82 Å². The molecule has 2 heterocycles. The van der Waals surface area contributed by atoms with E-state index in [1.807, 2.05) is 0 Å².